The first-order valence-corrected chi connectivity index (χ1v) is 13.2. The molecule has 4 amide bonds. The normalized spacial score (nSPS) is 19.3. The lowest BCUT2D eigenvalue weighted by molar-refractivity contribution is -0.199. The fraction of sp³-hybridized carbons (Fsp3) is 0.345. The quantitative estimate of drug-likeness (QED) is 0.312. The summed E-state index contributed by atoms with van der Waals surface area (Å²) in [6.45, 7) is 2.63. The van der Waals surface area contributed by atoms with Crippen LogP contribution in [-0.4, -0.2) is 77.4 Å². The molecule has 1 fully saturated rings. The van der Waals surface area contributed by atoms with E-state index in [1.54, 1.807) is 28.9 Å². The first kappa shape index (κ1) is 27.2. The number of nitrogens with one attached hydrogen (secondary N) is 2. The number of nitrogens with zero attached hydrogens (tertiary/aromatic N) is 3. The molecule has 2 aliphatic heterocycles. The highest BCUT2D eigenvalue weighted by atomic mass is 16.7. The monoisotopic (exact) mass is 545 g/mol. The molecule has 1 aromatic heterocycles. The molecule has 0 bridgehead atoms. The maximum atomic E-state index is 13.1. The Bertz CT molecular complexity index is 1380. The van der Waals surface area contributed by atoms with Crippen molar-refractivity contribution in [2.24, 2.45) is 0 Å². The van der Waals surface area contributed by atoms with Crippen LogP contribution in [0.3, 0.4) is 0 Å². The molecule has 0 unspecified atom stereocenters. The molecule has 2 N–H and O–H groups in total. The maximum Gasteiger partial charge on any atom is 0.271 e. The van der Waals surface area contributed by atoms with Gasteiger partial charge in [0.15, 0.2) is 12.0 Å². The Hall–Kier alpha value is -4.35. The molecular formula is C29H31N5O6. The Balaban J connectivity index is 1.13. The van der Waals surface area contributed by atoms with Gasteiger partial charge < -0.3 is 20.1 Å². The van der Waals surface area contributed by atoms with Gasteiger partial charge in [0.1, 0.15) is 5.69 Å². The Kier molecular flexibility index (Phi) is 8.04. The summed E-state index contributed by atoms with van der Waals surface area (Å²) in [5, 5.41) is 9.83. The fourth-order valence-electron chi connectivity index (χ4n) is 4.92. The molecule has 3 heterocycles. The zero-order chi connectivity index (χ0) is 28.2. The zero-order valence-electron chi connectivity index (χ0n) is 22.3. The van der Waals surface area contributed by atoms with Gasteiger partial charge in [0.25, 0.3) is 23.6 Å². The van der Waals surface area contributed by atoms with Crippen LogP contribution in [0.15, 0.2) is 60.7 Å². The van der Waals surface area contributed by atoms with Crippen LogP contribution < -0.4 is 10.6 Å². The number of carbonyl (C=O) groups is 4. The van der Waals surface area contributed by atoms with Gasteiger partial charge in [-0.3, -0.25) is 28.8 Å². The number of aromatic nitrogens is 2. The molecule has 208 valence electrons. The van der Waals surface area contributed by atoms with Gasteiger partial charge in [-0.25, -0.2) is 0 Å². The van der Waals surface area contributed by atoms with Gasteiger partial charge in [0.2, 0.25) is 0 Å². The highest BCUT2D eigenvalue weighted by Crippen LogP contribution is 2.27. The summed E-state index contributed by atoms with van der Waals surface area (Å²) in [6.07, 6.45) is 0.573. The van der Waals surface area contributed by atoms with Crippen molar-refractivity contribution in [3.05, 3.63) is 88.7 Å². The average Bonchev–Trinajstić information content (AvgIpc) is 3.55. The van der Waals surface area contributed by atoms with Crippen molar-refractivity contribution in [2.75, 3.05) is 26.8 Å². The molecule has 3 aromatic rings. The summed E-state index contributed by atoms with van der Waals surface area (Å²) in [7, 11) is 1.51. The van der Waals surface area contributed by atoms with Gasteiger partial charge in [-0.15, -0.1) is 0 Å². The van der Waals surface area contributed by atoms with Crippen LogP contribution in [0.25, 0.3) is 0 Å². The molecule has 40 heavy (non-hydrogen) atoms. The standard InChI is InChI=1S/C29H31N5O6/c1-18(19-9-4-3-5-10-19)34-24(15-23(32-34)26(35)30-2)27(36)31-14-8-13-25-39-16-20(17-40-25)33-28(37)21-11-6-7-12-22(21)29(33)38/h3-7,9-12,15,18,20,25H,8,13-14,16-17H2,1-2H3,(H,30,35)(H,31,36)/t18-,20-,25-/m0/s1. The van der Waals surface area contributed by atoms with Crippen LogP contribution in [0.1, 0.15) is 73.1 Å². The van der Waals surface area contributed by atoms with Gasteiger partial charge in [-0.1, -0.05) is 42.5 Å². The maximum absolute atomic E-state index is 13.1. The molecule has 11 heteroatoms. The molecule has 0 saturated carbocycles. The topological polar surface area (TPSA) is 132 Å². The first-order valence-electron chi connectivity index (χ1n) is 13.2. The van der Waals surface area contributed by atoms with E-state index in [0.717, 1.165) is 5.56 Å². The first-order chi connectivity index (χ1) is 19.4. The molecule has 0 radical (unpaired) electrons. The highest BCUT2D eigenvalue weighted by Gasteiger charge is 2.41. The number of fused-ring (bicyclic) bond motifs is 1. The van der Waals surface area contributed by atoms with Crippen molar-refractivity contribution >= 4 is 23.6 Å². The van der Waals surface area contributed by atoms with Gasteiger partial charge in [-0.2, -0.15) is 5.10 Å². The lowest BCUT2D eigenvalue weighted by Crippen LogP contribution is -2.49. The number of benzene rings is 2. The number of amides is 4. The van der Waals surface area contributed by atoms with Crippen LogP contribution in [0.2, 0.25) is 0 Å². The summed E-state index contributed by atoms with van der Waals surface area (Å²) in [5.41, 5.74) is 2.19. The van der Waals surface area contributed by atoms with E-state index in [0.29, 0.717) is 30.5 Å². The van der Waals surface area contributed by atoms with E-state index in [4.69, 9.17) is 9.47 Å². The van der Waals surface area contributed by atoms with E-state index in [1.807, 2.05) is 37.3 Å². The SMILES string of the molecule is CNC(=O)c1cc(C(=O)NCCC[C@H]2OC[C@H](N3C(=O)c4ccccc4C3=O)CO2)n([C@@H](C)c2ccccc2)n1. The summed E-state index contributed by atoms with van der Waals surface area (Å²) in [5.74, 6) is -1.39. The fourth-order valence-corrected chi connectivity index (χ4v) is 4.92. The number of hydrogen-bond donors (Lipinski definition) is 2. The molecule has 0 aliphatic carbocycles. The van der Waals surface area contributed by atoms with Crippen LogP contribution >= 0.6 is 0 Å². The van der Waals surface area contributed by atoms with Crippen LogP contribution in [0, 0.1) is 0 Å². The number of carbonyl (C=O) groups excluding carboxylic acids is 4. The zero-order valence-corrected chi connectivity index (χ0v) is 22.3. The van der Waals surface area contributed by atoms with E-state index in [2.05, 4.69) is 15.7 Å². The largest absolute Gasteiger partial charge is 0.354 e. The minimum Gasteiger partial charge on any atom is -0.354 e. The van der Waals surface area contributed by atoms with E-state index < -0.39 is 12.3 Å². The Morgan fingerprint density at radius 2 is 1.60 bits per heavy atom. The predicted octanol–water partition coefficient (Wildman–Crippen LogP) is 2.40. The predicted molar refractivity (Wildman–Crippen MR) is 144 cm³/mol. The van der Waals surface area contributed by atoms with Crippen molar-refractivity contribution in [3.8, 4) is 0 Å². The average molecular weight is 546 g/mol. The van der Waals surface area contributed by atoms with Gasteiger partial charge in [0.05, 0.1) is 36.4 Å². The Labute approximate surface area is 231 Å². The van der Waals surface area contributed by atoms with Crippen LogP contribution in [0.4, 0.5) is 0 Å². The number of rotatable bonds is 9. The highest BCUT2D eigenvalue weighted by molar-refractivity contribution is 6.21. The van der Waals surface area contributed by atoms with E-state index in [1.165, 1.54) is 18.0 Å². The third-order valence-corrected chi connectivity index (χ3v) is 7.12. The molecular weight excluding hydrogens is 514 g/mol. The molecule has 1 atom stereocenters. The van der Waals surface area contributed by atoms with E-state index >= 15 is 0 Å². The summed E-state index contributed by atoms with van der Waals surface area (Å²) in [4.78, 5) is 51.9. The number of ether oxygens (including phenoxy) is 2. The smallest absolute Gasteiger partial charge is 0.271 e. The third kappa shape index (κ3) is 5.38. The number of imide groups is 1. The molecule has 2 aliphatic rings. The van der Waals surface area contributed by atoms with Crippen LogP contribution in [0.5, 0.6) is 0 Å². The van der Waals surface area contributed by atoms with Gasteiger partial charge in [0, 0.05) is 26.1 Å². The lowest BCUT2D eigenvalue weighted by atomic mass is 10.1. The van der Waals surface area contributed by atoms with E-state index in [-0.39, 0.29) is 54.3 Å². The lowest BCUT2D eigenvalue weighted by Gasteiger charge is -2.33. The summed E-state index contributed by atoms with van der Waals surface area (Å²) >= 11 is 0. The van der Waals surface area contributed by atoms with Crippen molar-refractivity contribution in [2.45, 2.75) is 38.1 Å². The van der Waals surface area contributed by atoms with E-state index in [9.17, 15) is 19.2 Å². The molecule has 11 nitrogen and oxygen atoms in total. The number of hydrogen-bond acceptors (Lipinski definition) is 7. The summed E-state index contributed by atoms with van der Waals surface area (Å²) < 4.78 is 13.1. The molecule has 2 aromatic carbocycles. The third-order valence-electron chi connectivity index (χ3n) is 7.12. The van der Waals surface area contributed by atoms with Gasteiger partial charge >= 0.3 is 0 Å². The summed E-state index contributed by atoms with van der Waals surface area (Å²) in [6, 6.07) is 17.1. The second-order valence-corrected chi connectivity index (χ2v) is 9.70. The van der Waals surface area contributed by atoms with Crippen molar-refractivity contribution in [1.82, 2.24) is 25.3 Å². The van der Waals surface area contributed by atoms with Crippen molar-refractivity contribution < 1.29 is 28.7 Å². The Morgan fingerprint density at radius 3 is 2.23 bits per heavy atom. The molecule has 0 spiro atoms. The molecule has 5 rings (SSSR count). The van der Waals surface area contributed by atoms with Crippen LogP contribution in [-0.2, 0) is 9.47 Å². The van der Waals surface area contributed by atoms with Gasteiger partial charge in [-0.05, 0) is 31.0 Å². The van der Waals surface area contributed by atoms with Crippen molar-refractivity contribution in [3.63, 3.8) is 0 Å². The second kappa shape index (κ2) is 11.8. The minimum absolute atomic E-state index is 0.159. The Morgan fingerprint density at radius 1 is 0.975 bits per heavy atom. The molecule has 1 saturated heterocycles. The minimum atomic E-state index is -0.508. The van der Waals surface area contributed by atoms with Crippen molar-refractivity contribution in [1.29, 1.82) is 0 Å². The second-order valence-electron chi connectivity index (χ2n) is 9.70.